The van der Waals surface area contributed by atoms with Gasteiger partial charge in [0, 0.05) is 0 Å². The summed E-state index contributed by atoms with van der Waals surface area (Å²) in [5, 5.41) is 0.313. The van der Waals surface area contributed by atoms with E-state index >= 15 is 0 Å². The summed E-state index contributed by atoms with van der Waals surface area (Å²) >= 11 is 6.39. The van der Waals surface area contributed by atoms with Gasteiger partial charge in [0.1, 0.15) is 0 Å². The first-order valence-electron chi connectivity index (χ1n) is 4.31. The maximum absolute atomic E-state index is 6.39. The smallest absolute Gasteiger partial charge is 0.219 e. The fraction of sp³-hybridized carbons (Fsp3) is 1.00. The highest BCUT2D eigenvalue weighted by atomic mass is 35.6. The van der Waals surface area contributed by atoms with Crippen LogP contribution in [0.5, 0.6) is 0 Å². The van der Waals surface area contributed by atoms with Crippen LogP contribution < -0.4 is 0 Å². The van der Waals surface area contributed by atoms with E-state index in [1.165, 1.54) is 0 Å². The molecule has 0 saturated heterocycles. The van der Waals surface area contributed by atoms with Crippen molar-refractivity contribution in [2.75, 3.05) is 13.1 Å². The van der Waals surface area contributed by atoms with Crippen molar-refractivity contribution in [3.63, 3.8) is 0 Å². The quantitative estimate of drug-likeness (QED) is 0.492. The number of halogens is 1. The molecule has 0 heterocycles. The topological polar surface area (TPSA) is 3.24 Å². The Morgan fingerprint density at radius 3 is 1.64 bits per heavy atom. The molecule has 1 nitrogen and oxygen atoms in total. The van der Waals surface area contributed by atoms with E-state index in [0.717, 1.165) is 13.1 Å². The summed E-state index contributed by atoms with van der Waals surface area (Å²) in [5.41, 5.74) is 0. The molecule has 0 saturated carbocycles. The van der Waals surface area contributed by atoms with Gasteiger partial charge in [-0.3, -0.25) is 0 Å². The fourth-order valence-electron chi connectivity index (χ4n) is 1.09. The number of hydrogen-bond acceptors (Lipinski definition) is 1. The molecule has 0 radical (unpaired) electrons. The van der Waals surface area contributed by atoms with Gasteiger partial charge in [0.2, 0.25) is 8.27 Å². The maximum atomic E-state index is 6.39. The van der Waals surface area contributed by atoms with Gasteiger partial charge >= 0.3 is 0 Å². The van der Waals surface area contributed by atoms with E-state index in [0.29, 0.717) is 5.04 Å². The summed E-state index contributed by atoms with van der Waals surface area (Å²) in [5.74, 6) is 0. The van der Waals surface area contributed by atoms with Crippen LogP contribution in [0.4, 0.5) is 0 Å². The lowest BCUT2D eigenvalue weighted by Crippen LogP contribution is -2.41. The molecule has 0 fully saturated rings. The van der Waals surface area contributed by atoms with Gasteiger partial charge < -0.3 is 4.57 Å². The van der Waals surface area contributed by atoms with Crippen molar-refractivity contribution in [1.82, 2.24) is 4.57 Å². The van der Waals surface area contributed by atoms with Crippen molar-refractivity contribution in [3.8, 4) is 0 Å². The lowest BCUT2D eigenvalue weighted by molar-refractivity contribution is 0.464. The standard InChI is InChI=1S/C8H20ClNSi/c1-6-10(7-2)11(9)8(3,4)5/h11H,6-7H2,1-5H3. The van der Waals surface area contributed by atoms with Crippen LogP contribution in [-0.2, 0) is 0 Å². The predicted octanol–water partition coefficient (Wildman–Crippen LogP) is 2.59. The minimum absolute atomic E-state index is 0.313. The number of rotatable bonds is 3. The highest BCUT2D eigenvalue weighted by Crippen LogP contribution is 2.30. The van der Waals surface area contributed by atoms with Crippen LogP contribution in [0, 0.1) is 0 Å². The summed E-state index contributed by atoms with van der Waals surface area (Å²) < 4.78 is 2.40. The zero-order chi connectivity index (χ0) is 9.07. The van der Waals surface area contributed by atoms with Crippen molar-refractivity contribution >= 4 is 19.3 Å². The third-order valence-corrected chi connectivity index (χ3v) is 7.44. The predicted molar refractivity (Wildman–Crippen MR) is 55.6 cm³/mol. The van der Waals surface area contributed by atoms with Gasteiger partial charge in [-0.15, -0.1) is 11.1 Å². The minimum Gasteiger partial charge on any atom is -0.314 e. The first kappa shape index (κ1) is 11.5. The van der Waals surface area contributed by atoms with E-state index in [-0.39, 0.29) is 0 Å². The molecule has 1 atom stereocenters. The molecule has 0 aliphatic rings. The normalized spacial score (nSPS) is 15.5. The Hall–Kier alpha value is 0.467. The summed E-state index contributed by atoms with van der Waals surface area (Å²) in [4.78, 5) is 0. The molecular formula is C8H20ClNSi. The Kier molecular flexibility index (Phi) is 4.67. The van der Waals surface area contributed by atoms with E-state index in [1.54, 1.807) is 0 Å². The van der Waals surface area contributed by atoms with Crippen molar-refractivity contribution in [3.05, 3.63) is 0 Å². The number of nitrogens with zero attached hydrogens (tertiary/aromatic N) is 1. The van der Waals surface area contributed by atoms with Gasteiger partial charge in [0.05, 0.1) is 0 Å². The Bertz CT molecular complexity index is 107. The van der Waals surface area contributed by atoms with Gasteiger partial charge in [0.15, 0.2) is 0 Å². The summed E-state index contributed by atoms with van der Waals surface area (Å²) in [6.45, 7) is 13.2. The Morgan fingerprint density at radius 2 is 1.55 bits per heavy atom. The summed E-state index contributed by atoms with van der Waals surface area (Å²) in [6.07, 6.45) is 0. The average molecular weight is 194 g/mol. The molecule has 0 aliphatic carbocycles. The molecule has 0 spiro atoms. The molecule has 68 valence electrons. The second-order valence-corrected chi connectivity index (χ2v) is 8.30. The van der Waals surface area contributed by atoms with Crippen LogP contribution in [0.3, 0.4) is 0 Å². The third kappa shape index (κ3) is 3.59. The monoisotopic (exact) mass is 193 g/mol. The highest BCUT2D eigenvalue weighted by molar-refractivity contribution is 7.06. The lowest BCUT2D eigenvalue weighted by Gasteiger charge is -2.32. The Morgan fingerprint density at radius 1 is 1.18 bits per heavy atom. The van der Waals surface area contributed by atoms with Crippen LogP contribution in [0.1, 0.15) is 34.6 Å². The van der Waals surface area contributed by atoms with Crippen LogP contribution in [-0.4, -0.2) is 25.9 Å². The van der Waals surface area contributed by atoms with E-state index < -0.39 is 8.27 Å². The highest BCUT2D eigenvalue weighted by Gasteiger charge is 2.28. The van der Waals surface area contributed by atoms with Crippen molar-refractivity contribution < 1.29 is 0 Å². The Labute approximate surface area is 77.1 Å². The van der Waals surface area contributed by atoms with E-state index in [1.807, 2.05) is 0 Å². The van der Waals surface area contributed by atoms with Crippen LogP contribution >= 0.6 is 11.1 Å². The van der Waals surface area contributed by atoms with E-state index in [2.05, 4.69) is 39.2 Å². The van der Waals surface area contributed by atoms with Gasteiger partial charge in [0.25, 0.3) is 0 Å². The molecule has 11 heavy (non-hydrogen) atoms. The van der Waals surface area contributed by atoms with Crippen LogP contribution in [0.2, 0.25) is 5.04 Å². The second-order valence-electron chi connectivity index (χ2n) is 3.92. The summed E-state index contributed by atoms with van der Waals surface area (Å²) in [7, 11) is -1.20. The first-order valence-corrected chi connectivity index (χ1v) is 7.15. The SMILES string of the molecule is CCN(CC)[SiH](Cl)C(C)(C)C. The van der Waals surface area contributed by atoms with E-state index in [4.69, 9.17) is 11.1 Å². The zero-order valence-corrected chi connectivity index (χ0v) is 10.2. The Balaban J connectivity index is 4.09. The molecule has 0 aliphatic heterocycles. The maximum Gasteiger partial charge on any atom is 0.219 e. The van der Waals surface area contributed by atoms with Gasteiger partial charge in [-0.25, -0.2) is 0 Å². The fourth-order valence-corrected chi connectivity index (χ4v) is 3.66. The number of hydrogen-bond donors (Lipinski definition) is 0. The zero-order valence-electron chi connectivity index (χ0n) is 8.32. The molecule has 0 aromatic carbocycles. The van der Waals surface area contributed by atoms with Gasteiger partial charge in [-0.05, 0) is 18.1 Å². The molecule has 0 aromatic rings. The average Bonchev–Trinajstić information content (AvgIpc) is 1.88. The molecular weight excluding hydrogens is 174 g/mol. The van der Waals surface area contributed by atoms with Gasteiger partial charge in [-0.2, -0.15) is 0 Å². The minimum atomic E-state index is -1.20. The molecule has 3 heteroatoms. The molecule has 0 N–H and O–H groups in total. The third-order valence-electron chi connectivity index (χ3n) is 1.85. The largest absolute Gasteiger partial charge is 0.314 e. The van der Waals surface area contributed by atoms with Crippen molar-refractivity contribution in [1.29, 1.82) is 0 Å². The van der Waals surface area contributed by atoms with Crippen LogP contribution in [0.15, 0.2) is 0 Å². The van der Waals surface area contributed by atoms with E-state index in [9.17, 15) is 0 Å². The van der Waals surface area contributed by atoms with Crippen LogP contribution in [0.25, 0.3) is 0 Å². The molecule has 0 bridgehead atoms. The van der Waals surface area contributed by atoms with Gasteiger partial charge in [-0.1, -0.05) is 34.6 Å². The van der Waals surface area contributed by atoms with Crippen molar-refractivity contribution in [2.45, 2.75) is 39.7 Å². The summed E-state index contributed by atoms with van der Waals surface area (Å²) in [6, 6.07) is 0. The molecule has 0 amide bonds. The second kappa shape index (κ2) is 4.48. The lowest BCUT2D eigenvalue weighted by atomic mass is 10.3. The molecule has 0 rings (SSSR count). The molecule has 1 unspecified atom stereocenters. The molecule has 0 aromatic heterocycles. The van der Waals surface area contributed by atoms with Crippen molar-refractivity contribution in [2.24, 2.45) is 0 Å². The first-order chi connectivity index (χ1) is 4.93.